The van der Waals surface area contributed by atoms with Gasteiger partial charge >= 0.3 is 6.09 Å². The maximum absolute atomic E-state index is 11.3. The molecule has 1 aliphatic rings. The van der Waals surface area contributed by atoms with Crippen molar-refractivity contribution in [1.29, 1.82) is 0 Å². The molecular weight excluding hydrogens is 352 g/mol. The number of carbonyl (C=O) groups is 1. The third-order valence-corrected chi connectivity index (χ3v) is 5.57. The van der Waals surface area contributed by atoms with Crippen LogP contribution in [0.5, 0.6) is 5.75 Å². The Balaban J connectivity index is 1.72. The van der Waals surface area contributed by atoms with Gasteiger partial charge in [0, 0.05) is 23.2 Å². The lowest BCUT2D eigenvalue weighted by atomic mass is 9.77. The average molecular weight is 383 g/mol. The zero-order valence-corrected chi connectivity index (χ0v) is 17.2. The van der Waals surface area contributed by atoms with Crippen LogP contribution in [-0.2, 0) is 6.42 Å². The molecule has 2 N–H and O–H groups in total. The summed E-state index contributed by atoms with van der Waals surface area (Å²) < 4.78 is 6.10. The van der Waals surface area contributed by atoms with Crippen LogP contribution >= 0.6 is 0 Å². The van der Waals surface area contributed by atoms with Gasteiger partial charge in [0.2, 0.25) is 0 Å². The van der Waals surface area contributed by atoms with Crippen molar-refractivity contribution in [3.63, 3.8) is 0 Å². The number of nitrogens with one attached hydrogen (secondary N) is 1. The standard InChI is InChI=1S/C23H30N2O3/c1-5-16-6-8-17(9-7-16)18-12-19(14-24-13-18)28-15-23(10-11-23)20(22(2,3)4)25-21(26)27/h6-9,12-14,20,25H,5,10-11,15H2,1-4H3,(H,26,27). The lowest BCUT2D eigenvalue weighted by Crippen LogP contribution is -2.51. The van der Waals surface area contributed by atoms with Crippen LogP contribution in [0.15, 0.2) is 42.7 Å². The lowest BCUT2D eigenvalue weighted by molar-refractivity contribution is 0.111. The molecule has 2 aromatic rings. The Kier molecular flexibility index (Phi) is 5.64. The summed E-state index contributed by atoms with van der Waals surface area (Å²) in [4.78, 5) is 15.6. The van der Waals surface area contributed by atoms with Crippen LogP contribution < -0.4 is 10.1 Å². The summed E-state index contributed by atoms with van der Waals surface area (Å²) in [7, 11) is 0. The Labute approximate surface area is 167 Å². The van der Waals surface area contributed by atoms with Gasteiger partial charge in [-0.2, -0.15) is 0 Å². The number of ether oxygens (including phenoxy) is 1. The molecule has 1 fully saturated rings. The van der Waals surface area contributed by atoms with Gasteiger partial charge in [0.25, 0.3) is 0 Å². The van der Waals surface area contributed by atoms with E-state index in [2.05, 4.69) is 62.3 Å². The quantitative estimate of drug-likeness (QED) is 0.694. The molecule has 0 saturated heterocycles. The van der Waals surface area contributed by atoms with Crippen LogP contribution in [-0.4, -0.2) is 28.8 Å². The first-order valence-electron chi connectivity index (χ1n) is 9.90. The molecule has 0 bridgehead atoms. The fraction of sp³-hybridized carbons (Fsp3) is 0.478. The lowest BCUT2D eigenvalue weighted by Gasteiger charge is -2.37. The van der Waals surface area contributed by atoms with Crippen LogP contribution in [0.4, 0.5) is 4.79 Å². The predicted molar refractivity (Wildman–Crippen MR) is 111 cm³/mol. The summed E-state index contributed by atoms with van der Waals surface area (Å²) in [5.41, 5.74) is 3.09. The SMILES string of the molecule is CCc1ccc(-c2cncc(OCC3(C(NC(=O)O)C(C)(C)C)CC3)c2)cc1. The third-order valence-electron chi connectivity index (χ3n) is 5.57. The van der Waals surface area contributed by atoms with Gasteiger partial charge < -0.3 is 15.2 Å². The molecule has 5 heteroatoms. The summed E-state index contributed by atoms with van der Waals surface area (Å²) >= 11 is 0. The van der Waals surface area contributed by atoms with Crippen LogP contribution in [0.25, 0.3) is 11.1 Å². The van der Waals surface area contributed by atoms with Crippen molar-refractivity contribution in [2.45, 2.75) is 53.0 Å². The molecule has 0 aliphatic heterocycles. The van der Waals surface area contributed by atoms with Crippen molar-refractivity contribution in [3.8, 4) is 16.9 Å². The van der Waals surface area contributed by atoms with Crippen molar-refractivity contribution in [2.75, 3.05) is 6.61 Å². The number of pyridine rings is 1. The van der Waals surface area contributed by atoms with Crippen molar-refractivity contribution in [3.05, 3.63) is 48.3 Å². The Morgan fingerprint density at radius 3 is 2.43 bits per heavy atom. The average Bonchev–Trinajstić information content (AvgIpc) is 3.45. The van der Waals surface area contributed by atoms with E-state index in [1.54, 1.807) is 6.20 Å². The Morgan fingerprint density at radius 2 is 1.89 bits per heavy atom. The number of amides is 1. The Morgan fingerprint density at radius 1 is 1.21 bits per heavy atom. The van der Waals surface area contributed by atoms with E-state index in [-0.39, 0.29) is 16.9 Å². The van der Waals surface area contributed by atoms with Gasteiger partial charge in [0.05, 0.1) is 12.8 Å². The molecule has 150 valence electrons. The summed E-state index contributed by atoms with van der Waals surface area (Å²) in [6.45, 7) is 8.82. The number of nitrogens with zero attached hydrogens (tertiary/aromatic N) is 1. The number of aromatic nitrogens is 1. The highest BCUT2D eigenvalue weighted by molar-refractivity contribution is 5.65. The van der Waals surface area contributed by atoms with Gasteiger partial charge in [-0.15, -0.1) is 0 Å². The molecule has 1 aromatic carbocycles. The van der Waals surface area contributed by atoms with E-state index in [0.29, 0.717) is 12.4 Å². The van der Waals surface area contributed by atoms with Gasteiger partial charge in [-0.05, 0) is 41.9 Å². The number of aryl methyl sites for hydroxylation is 1. The number of benzene rings is 1. The molecule has 1 amide bonds. The minimum absolute atomic E-state index is 0.157. The van der Waals surface area contributed by atoms with Crippen LogP contribution in [0.2, 0.25) is 0 Å². The van der Waals surface area contributed by atoms with E-state index >= 15 is 0 Å². The van der Waals surface area contributed by atoms with E-state index in [1.807, 2.05) is 12.3 Å². The van der Waals surface area contributed by atoms with E-state index in [4.69, 9.17) is 4.74 Å². The molecule has 1 saturated carbocycles. The summed E-state index contributed by atoms with van der Waals surface area (Å²) in [5.74, 6) is 0.714. The van der Waals surface area contributed by atoms with Gasteiger partial charge in [-0.1, -0.05) is 52.0 Å². The minimum Gasteiger partial charge on any atom is -0.491 e. The molecule has 0 radical (unpaired) electrons. The molecule has 28 heavy (non-hydrogen) atoms. The highest BCUT2D eigenvalue weighted by Gasteiger charge is 2.54. The molecule has 1 heterocycles. The summed E-state index contributed by atoms with van der Waals surface area (Å²) in [5, 5.41) is 12.0. The zero-order chi connectivity index (χ0) is 20.4. The molecule has 1 aromatic heterocycles. The molecule has 1 unspecified atom stereocenters. The number of carboxylic acid groups (broad SMARTS) is 1. The summed E-state index contributed by atoms with van der Waals surface area (Å²) in [6, 6.07) is 10.3. The Hall–Kier alpha value is -2.56. The van der Waals surface area contributed by atoms with Gasteiger partial charge in [-0.3, -0.25) is 4.98 Å². The highest BCUT2D eigenvalue weighted by atomic mass is 16.5. The number of hydrogen-bond acceptors (Lipinski definition) is 3. The number of hydrogen-bond donors (Lipinski definition) is 2. The monoisotopic (exact) mass is 382 g/mol. The predicted octanol–water partition coefficient (Wildman–Crippen LogP) is 5.15. The van der Waals surface area contributed by atoms with Crippen LogP contribution in [0.3, 0.4) is 0 Å². The van der Waals surface area contributed by atoms with Crippen molar-refractivity contribution >= 4 is 6.09 Å². The van der Waals surface area contributed by atoms with E-state index in [0.717, 1.165) is 30.4 Å². The van der Waals surface area contributed by atoms with Gasteiger partial charge in [-0.25, -0.2) is 4.79 Å². The van der Waals surface area contributed by atoms with Gasteiger partial charge in [0.1, 0.15) is 5.75 Å². The topological polar surface area (TPSA) is 71.5 Å². The van der Waals surface area contributed by atoms with Gasteiger partial charge in [0.15, 0.2) is 0 Å². The smallest absolute Gasteiger partial charge is 0.404 e. The van der Waals surface area contributed by atoms with E-state index < -0.39 is 6.09 Å². The molecule has 5 nitrogen and oxygen atoms in total. The summed E-state index contributed by atoms with van der Waals surface area (Å²) in [6.07, 6.45) is 5.51. The molecule has 0 spiro atoms. The zero-order valence-electron chi connectivity index (χ0n) is 17.2. The van der Waals surface area contributed by atoms with E-state index in [9.17, 15) is 9.90 Å². The Bertz CT molecular complexity index is 820. The largest absolute Gasteiger partial charge is 0.491 e. The normalized spacial score (nSPS) is 16.3. The number of rotatable bonds is 7. The molecular formula is C23H30N2O3. The van der Waals surface area contributed by atoms with Crippen LogP contribution in [0, 0.1) is 10.8 Å². The highest BCUT2D eigenvalue weighted by Crippen LogP contribution is 2.53. The molecule has 1 atom stereocenters. The first kappa shape index (κ1) is 20.2. The second-order valence-electron chi connectivity index (χ2n) is 8.86. The van der Waals surface area contributed by atoms with Crippen LogP contribution in [0.1, 0.15) is 46.1 Å². The van der Waals surface area contributed by atoms with Crippen molar-refractivity contribution < 1.29 is 14.6 Å². The van der Waals surface area contributed by atoms with Crippen molar-refractivity contribution in [1.82, 2.24) is 10.3 Å². The second-order valence-corrected chi connectivity index (χ2v) is 8.86. The first-order chi connectivity index (χ1) is 13.2. The molecule has 1 aliphatic carbocycles. The maximum Gasteiger partial charge on any atom is 0.404 e. The second kappa shape index (κ2) is 7.82. The molecule has 3 rings (SSSR count). The third kappa shape index (κ3) is 4.64. The fourth-order valence-electron chi connectivity index (χ4n) is 3.90. The minimum atomic E-state index is -0.981. The van der Waals surface area contributed by atoms with Crippen molar-refractivity contribution in [2.24, 2.45) is 10.8 Å². The first-order valence-corrected chi connectivity index (χ1v) is 9.90. The van der Waals surface area contributed by atoms with E-state index in [1.165, 1.54) is 5.56 Å². The maximum atomic E-state index is 11.3. The fourth-order valence-corrected chi connectivity index (χ4v) is 3.90.